The Morgan fingerprint density at radius 2 is 2.33 bits per heavy atom. The summed E-state index contributed by atoms with van der Waals surface area (Å²) in [6.07, 6.45) is 0. The highest BCUT2D eigenvalue weighted by atomic mass is 19.1. The Hall–Kier alpha value is -1.66. The molecule has 98 valence electrons. The van der Waals surface area contributed by atoms with Gasteiger partial charge in [0.25, 0.3) is 0 Å². The van der Waals surface area contributed by atoms with Gasteiger partial charge >= 0.3 is 0 Å². The first kappa shape index (κ1) is 12.8. The summed E-state index contributed by atoms with van der Waals surface area (Å²) in [6.45, 7) is 1.26. The zero-order valence-corrected chi connectivity index (χ0v) is 9.93. The Morgan fingerprint density at radius 1 is 1.56 bits per heavy atom. The summed E-state index contributed by atoms with van der Waals surface area (Å²) < 4.78 is 18.9. The van der Waals surface area contributed by atoms with Gasteiger partial charge in [0, 0.05) is 24.3 Å². The monoisotopic (exact) mass is 253 g/mol. The zero-order valence-electron chi connectivity index (χ0n) is 9.93. The molecule has 5 nitrogen and oxygen atoms in total. The van der Waals surface area contributed by atoms with Crippen LogP contribution in [0, 0.1) is 5.82 Å². The molecular formula is C12H16FN3O2. The molecule has 1 aliphatic rings. The Morgan fingerprint density at radius 3 is 3.00 bits per heavy atom. The Bertz CT molecular complexity index is 453. The van der Waals surface area contributed by atoms with E-state index in [2.05, 4.69) is 0 Å². The molecule has 1 aromatic carbocycles. The highest BCUT2D eigenvalue weighted by molar-refractivity contribution is 5.84. The predicted octanol–water partition coefficient (Wildman–Crippen LogP) is -0.0251. The van der Waals surface area contributed by atoms with Crippen LogP contribution in [0.15, 0.2) is 18.2 Å². The molecule has 0 saturated carbocycles. The molecule has 4 N–H and O–H groups in total. The number of halogens is 1. The number of hydrogen-bond acceptors (Lipinski definition) is 4. The highest BCUT2D eigenvalue weighted by Gasteiger charge is 2.29. The van der Waals surface area contributed by atoms with Crippen molar-refractivity contribution in [1.82, 2.24) is 0 Å². The van der Waals surface area contributed by atoms with E-state index in [0.717, 1.165) is 0 Å². The Balaban J connectivity index is 2.39. The summed E-state index contributed by atoms with van der Waals surface area (Å²) in [5.74, 6) is -0.855. The third kappa shape index (κ3) is 2.30. The van der Waals surface area contributed by atoms with Gasteiger partial charge in [-0.05, 0) is 12.1 Å². The van der Waals surface area contributed by atoms with Crippen molar-refractivity contribution in [2.24, 2.45) is 11.5 Å². The summed E-state index contributed by atoms with van der Waals surface area (Å²) in [5, 5.41) is 0. The maximum Gasteiger partial charge on any atom is 0.242 e. The van der Waals surface area contributed by atoms with Gasteiger partial charge in [0.1, 0.15) is 11.9 Å². The van der Waals surface area contributed by atoms with Crippen molar-refractivity contribution in [2.45, 2.75) is 12.6 Å². The fourth-order valence-corrected chi connectivity index (χ4v) is 2.15. The first-order valence-electron chi connectivity index (χ1n) is 5.76. The van der Waals surface area contributed by atoms with Crippen molar-refractivity contribution < 1.29 is 13.9 Å². The van der Waals surface area contributed by atoms with Crippen molar-refractivity contribution in [3.63, 3.8) is 0 Å². The molecule has 1 saturated heterocycles. The van der Waals surface area contributed by atoms with Crippen LogP contribution in [-0.4, -0.2) is 31.7 Å². The molecule has 0 radical (unpaired) electrons. The molecule has 1 heterocycles. The maximum atomic E-state index is 13.7. The van der Waals surface area contributed by atoms with Crippen LogP contribution in [0.4, 0.5) is 10.1 Å². The second-order valence-corrected chi connectivity index (χ2v) is 4.13. The van der Waals surface area contributed by atoms with Gasteiger partial charge in [-0.1, -0.05) is 6.07 Å². The number of nitrogens with zero attached hydrogens (tertiary/aromatic N) is 1. The fraction of sp³-hybridized carbons (Fsp3) is 0.417. The average Bonchev–Trinajstić information content (AvgIpc) is 2.38. The van der Waals surface area contributed by atoms with Gasteiger partial charge < -0.3 is 21.1 Å². The lowest BCUT2D eigenvalue weighted by atomic mass is 10.1. The summed E-state index contributed by atoms with van der Waals surface area (Å²) in [6, 6.07) is 4.11. The second kappa shape index (κ2) is 5.32. The molecule has 0 aromatic heterocycles. The van der Waals surface area contributed by atoms with E-state index >= 15 is 0 Å². The zero-order chi connectivity index (χ0) is 13.1. The predicted molar refractivity (Wildman–Crippen MR) is 65.4 cm³/mol. The van der Waals surface area contributed by atoms with Gasteiger partial charge in [0.05, 0.1) is 13.2 Å². The van der Waals surface area contributed by atoms with E-state index < -0.39 is 11.9 Å². The number of benzene rings is 1. The van der Waals surface area contributed by atoms with E-state index in [4.69, 9.17) is 16.2 Å². The van der Waals surface area contributed by atoms with Crippen LogP contribution in [0.2, 0.25) is 0 Å². The van der Waals surface area contributed by atoms with Crippen LogP contribution in [0.5, 0.6) is 0 Å². The lowest BCUT2D eigenvalue weighted by molar-refractivity contribution is -0.121. The van der Waals surface area contributed by atoms with Gasteiger partial charge in [-0.3, -0.25) is 4.79 Å². The van der Waals surface area contributed by atoms with E-state index in [-0.39, 0.29) is 19.0 Å². The number of carbonyl (C=O) groups excluding carboxylic acids is 1. The van der Waals surface area contributed by atoms with Crippen LogP contribution in [0.25, 0.3) is 0 Å². The third-order valence-corrected chi connectivity index (χ3v) is 3.06. The highest BCUT2D eigenvalue weighted by Crippen LogP contribution is 2.26. The van der Waals surface area contributed by atoms with Crippen LogP contribution in [0.3, 0.4) is 0 Å². The van der Waals surface area contributed by atoms with E-state index in [1.807, 2.05) is 0 Å². The molecule has 1 fully saturated rings. The lowest BCUT2D eigenvalue weighted by Gasteiger charge is -2.36. The minimum Gasteiger partial charge on any atom is -0.377 e. The molecule has 1 amide bonds. The van der Waals surface area contributed by atoms with Gasteiger partial charge in [0.2, 0.25) is 5.91 Å². The van der Waals surface area contributed by atoms with Crippen LogP contribution < -0.4 is 16.4 Å². The molecule has 1 atom stereocenters. The summed E-state index contributed by atoms with van der Waals surface area (Å²) in [4.78, 5) is 13.2. The smallest absolute Gasteiger partial charge is 0.242 e. The number of carbonyl (C=O) groups is 1. The lowest BCUT2D eigenvalue weighted by Crippen LogP contribution is -2.53. The number of primary amides is 1. The van der Waals surface area contributed by atoms with Crippen LogP contribution in [0.1, 0.15) is 5.56 Å². The standard InChI is InChI=1S/C12H16FN3O2/c13-9-2-1-3-10(8(9)6-14)16-4-5-18-7-11(16)12(15)17/h1-3,11H,4-7,14H2,(H2,15,17). The summed E-state index contributed by atoms with van der Waals surface area (Å²) in [7, 11) is 0. The average molecular weight is 253 g/mol. The summed E-state index contributed by atoms with van der Waals surface area (Å²) >= 11 is 0. The molecule has 1 aliphatic heterocycles. The topological polar surface area (TPSA) is 81.6 Å². The molecule has 18 heavy (non-hydrogen) atoms. The van der Waals surface area contributed by atoms with E-state index in [1.54, 1.807) is 17.0 Å². The number of hydrogen-bond donors (Lipinski definition) is 2. The van der Waals surface area contributed by atoms with E-state index in [0.29, 0.717) is 24.4 Å². The molecular weight excluding hydrogens is 237 g/mol. The number of morpholine rings is 1. The van der Waals surface area contributed by atoms with Gasteiger partial charge in [-0.2, -0.15) is 0 Å². The SMILES string of the molecule is NCc1c(F)cccc1N1CCOCC1C(N)=O. The molecule has 1 aromatic rings. The molecule has 2 rings (SSSR count). The first-order chi connectivity index (χ1) is 8.65. The Kier molecular flexibility index (Phi) is 3.78. The van der Waals surface area contributed by atoms with Gasteiger partial charge in [0.15, 0.2) is 0 Å². The number of nitrogens with two attached hydrogens (primary N) is 2. The maximum absolute atomic E-state index is 13.7. The Labute approximate surface area is 104 Å². The van der Waals surface area contributed by atoms with Crippen molar-refractivity contribution in [2.75, 3.05) is 24.7 Å². The summed E-state index contributed by atoms with van der Waals surface area (Å²) in [5.41, 5.74) is 11.9. The molecule has 0 spiro atoms. The van der Waals surface area contributed by atoms with E-state index in [9.17, 15) is 9.18 Å². The number of ether oxygens (including phenoxy) is 1. The first-order valence-corrected chi connectivity index (χ1v) is 5.76. The number of amides is 1. The fourth-order valence-electron chi connectivity index (χ4n) is 2.15. The van der Waals surface area contributed by atoms with Gasteiger partial charge in [-0.15, -0.1) is 0 Å². The normalized spacial score (nSPS) is 19.9. The van der Waals surface area contributed by atoms with Crippen molar-refractivity contribution in [3.05, 3.63) is 29.6 Å². The quantitative estimate of drug-likeness (QED) is 0.793. The van der Waals surface area contributed by atoms with Crippen molar-refractivity contribution in [1.29, 1.82) is 0 Å². The second-order valence-electron chi connectivity index (χ2n) is 4.13. The van der Waals surface area contributed by atoms with E-state index in [1.165, 1.54) is 6.07 Å². The largest absolute Gasteiger partial charge is 0.377 e. The van der Waals surface area contributed by atoms with Crippen molar-refractivity contribution in [3.8, 4) is 0 Å². The molecule has 0 bridgehead atoms. The third-order valence-electron chi connectivity index (χ3n) is 3.06. The van der Waals surface area contributed by atoms with Gasteiger partial charge in [-0.25, -0.2) is 4.39 Å². The number of anilines is 1. The molecule has 1 unspecified atom stereocenters. The minimum atomic E-state index is -0.578. The van der Waals surface area contributed by atoms with Crippen LogP contribution >= 0.6 is 0 Å². The van der Waals surface area contributed by atoms with Crippen molar-refractivity contribution >= 4 is 11.6 Å². The molecule has 6 heteroatoms. The van der Waals surface area contributed by atoms with Crippen LogP contribution in [-0.2, 0) is 16.1 Å². The molecule has 0 aliphatic carbocycles. The number of rotatable bonds is 3. The minimum absolute atomic E-state index is 0.0743.